The van der Waals surface area contributed by atoms with Crippen molar-refractivity contribution in [3.05, 3.63) is 53.3 Å². The van der Waals surface area contributed by atoms with E-state index in [9.17, 15) is 28.2 Å². The summed E-state index contributed by atoms with van der Waals surface area (Å²) in [5.41, 5.74) is -0.194. The molecule has 1 aromatic carbocycles. The number of rotatable bonds is 10. The SMILES string of the molecule is CCOC(=O)CC(C)(C)c1cc(C[C@H]2O[C@H](CO)[C@H](O)[C@H](n3cc(-c4cc(F)c(F)c(F)c4)nn3)[C@H]2OC)on1. The maximum atomic E-state index is 13.8. The van der Waals surface area contributed by atoms with Crippen LogP contribution in [-0.4, -0.2) is 81.1 Å². The molecule has 0 saturated carbocycles. The van der Waals surface area contributed by atoms with Gasteiger partial charge in [-0.2, -0.15) is 0 Å². The molecular weight excluding hydrogens is 537 g/mol. The Labute approximate surface area is 227 Å². The molecule has 1 aliphatic heterocycles. The van der Waals surface area contributed by atoms with Gasteiger partial charge in [0.25, 0.3) is 0 Å². The minimum atomic E-state index is -1.61. The van der Waals surface area contributed by atoms with Gasteiger partial charge in [-0.25, -0.2) is 17.9 Å². The number of ether oxygens (including phenoxy) is 3. The highest BCUT2D eigenvalue weighted by Crippen LogP contribution is 2.35. The van der Waals surface area contributed by atoms with E-state index in [1.54, 1.807) is 13.0 Å². The summed E-state index contributed by atoms with van der Waals surface area (Å²) in [6.07, 6.45) is -2.43. The Kier molecular flexibility index (Phi) is 8.93. The number of benzene rings is 1. The Balaban J connectivity index is 1.59. The number of aliphatic hydroxyl groups excluding tert-OH is 2. The van der Waals surface area contributed by atoms with Crippen LogP contribution in [0.5, 0.6) is 0 Å². The predicted octanol–water partition coefficient (Wildman–Crippen LogP) is 2.50. The van der Waals surface area contributed by atoms with E-state index >= 15 is 0 Å². The molecule has 0 unspecified atom stereocenters. The lowest BCUT2D eigenvalue weighted by molar-refractivity contribution is -0.212. The average molecular weight is 569 g/mol. The zero-order valence-electron chi connectivity index (χ0n) is 22.4. The largest absolute Gasteiger partial charge is 0.466 e. The molecule has 3 heterocycles. The zero-order chi connectivity index (χ0) is 29.2. The van der Waals surface area contributed by atoms with E-state index in [0.717, 1.165) is 12.1 Å². The number of esters is 1. The molecule has 3 aromatic rings. The standard InChI is InChI=1S/C26H31F3N4O7/c1-5-38-21(35)10-26(2,3)20-9-14(40-31-20)8-18-25(37-4)23(24(36)19(12-34)39-18)33-11-17(30-32-33)13-6-15(27)22(29)16(28)7-13/h6-7,9,11,18-19,23-25,34,36H,5,8,10,12H2,1-4H3/t18-,19-,23+,24+,25+/m1/s1. The second-order valence-electron chi connectivity index (χ2n) is 10.2. The quantitative estimate of drug-likeness (QED) is 0.277. The minimum Gasteiger partial charge on any atom is -0.466 e. The number of nitrogens with zero attached hydrogens (tertiary/aromatic N) is 4. The number of methoxy groups -OCH3 is 1. The van der Waals surface area contributed by atoms with Gasteiger partial charge in [-0.05, 0) is 19.1 Å². The van der Waals surface area contributed by atoms with E-state index in [0.29, 0.717) is 11.5 Å². The second kappa shape index (κ2) is 12.0. The molecule has 0 spiro atoms. The molecule has 0 amide bonds. The Morgan fingerprint density at radius 2 is 1.88 bits per heavy atom. The molecule has 1 saturated heterocycles. The summed E-state index contributed by atoms with van der Waals surface area (Å²) < 4.78 is 64.4. The number of hydrogen-bond acceptors (Lipinski definition) is 10. The van der Waals surface area contributed by atoms with E-state index in [2.05, 4.69) is 15.5 Å². The monoisotopic (exact) mass is 568 g/mol. The first-order valence-corrected chi connectivity index (χ1v) is 12.6. The lowest BCUT2D eigenvalue weighted by atomic mass is 9.85. The fourth-order valence-electron chi connectivity index (χ4n) is 4.78. The van der Waals surface area contributed by atoms with Gasteiger partial charge in [-0.3, -0.25) is 4.79 Å². The van der Waals surface area contributed by atoms with Gasteiger partial charge in [-0.15, -0.1) is 5.10 Å². The number of halogens is 3. The van der Waals surface area contributed by atoms with Crippen molar-refractivity contribution < 1.29 is 46.9 Å². The Bertz CT molecular complexity index is 1310. The van der Waals surface area contributed by atoms with Gasteiger partial charge < -0.3 is 28.9 Å². The number of aliphatic hydroxyl groups is 2. The molecule has 2 aromatic heterocycles. The summed E-state index contributed by atoms with van der Waals surface area (Å²) >= 11 is 0. The highest BCUT2D eigenvalue weighted by Gasteiger charge is 2.47. The predicted molar refractivity (Wildman–Crippen MR) is 131 cm³/mol. The number of carbonyl (C=O) groups excluding carboxylic acids is 1. The van der Waals surface area contributed by atoms with Crippen LogP contribution in [0.4, 0.5) is 13.2 Å². The van der Waals surface area contributed by atoms with Crippen LogP contribution in [0.1, 0.15) is 44.7 Å². The van der Waals surface area contributed by atoms with Gasteiger partial charge in [0.05, 0.1) is 37.6 Å². The molecule has 11 nitrogen and oxygen atoms in total. The third-order valence-corrected chi connectivity index (χ3v) is 6.88. The summed E-state index contributed by atoms with van der Waals surface area (Å²) in [5, 5.41) is 33.0. The summed E-state index contributed by atoms with van der Waals surface area (Å²) in [4.78, 5) is 12.0. The molecule has 40 heavy (non-hydrogen) atoms. The van der Waals surface area contributed by atoms with Crippen molar-refractivity contribution in [3.63, 3.8) is 0 Å². The molecule has 5 atom stereocenters. The summed E-state index contributed by atoms with van der Waals surface area (Å²) in [6.45, 7) is 5.11. The van der Waals surface area contributed by atoms with Crippen molar-refractivity contribution in [1.82, 2.24) is 20.2 Å². The van der Waals surface area contributed by atoms with Crippen molar-refractivity contribution in [1.29, 1.82) is 0 Å². The van der Waals surface area contributed by atoms with Crippen LogP contribution in [0.15, 0.2) is 28.9 Å². The van der Waals surface area contributed by atoms with E-state index in [-0.39, 0.29) is 36.7 Å². The maximum absolute atomic E-state index is 13.8. The molecule has 1 aliphatic rings. The third-order valence-electron chi connectivity index (χ3n) is 6.88. The molecule has 0 radical (unpaired) electrons. The number of aromatic nitrogens is 4. The first-order chi connectivity index (χ1) is 19.0. The lowest BCUT2D eigenvalue weighted by Gasteiger charge is -2.43. The highest BCUT2D eigenvalue weighted by atomic mass is 19.2. The van der Waals surface area contributed by atoms with E-state index in [1.165, 1.54) is 18.0 Å². The maximum Gasteiger partial charge on any atom is 0.306 e. The zero-order valence-corrected chi connectivity index (χ0v) is 22.4. The van der Waals surface area contributed by atoms with Crippen molar-refractivity contribution in [2.45, 2.75) is 69.5 Å². The fraction of sp³-hybridized carbons (Fsp3) is 0.538. The van der Waals surface area contributed by atoms with Gasteiger partial charge in [0.1, 0.15) is 35.8 Å². The van der Waals surface area contributed by atoms with E-state index < -0.39 is 59.9 Å². The topological polar surface area (TPSA) is 142 Å². The summed E-state index contributed by atoms with van der Waals surface area (Å²) in [5.74, 6) is -4.34. The molecule has 2 N–H and O–H groups in total. The molecule has 0 aliphatic carbocycles. The van der Waals surface area contributed by atoms with Crippen molar-refractivity contribution in [2.75, 3.05) is 20.3 Å². The van der Waals surface area contributed by atoms with Crippen LogP contribution in [0.3, 0.4) is 0 Å². The Morgan fingerprint density at radius 1 is 1.18 bits per heavy atom. The molecule has 0 bridgehead atoms. The van der Waals surface area contributed by atoms with Gasteiger partial charge in [0.2, 0.25) is 0 Å². The fourth-order valence-corrected chi connectivity index (χ4v) is 4.78. The second-order valence-corrected chi connectivity index (χ2v) is 10.2. The van der Waals surface area contributed by atoms with Crippen LogP contribution in [0, 0.1) is 17.5 Å². The van der Waals surface area contributed by atoms with E-state index in [4.69, 9.17) is 18.7 Å². The van der Waals surface area contributed by atoms with Crippen molar-refractivity contribution in [2.24, 2.45) is 0 Å². The van der Waals surface area contributed by atoms with Gasteiger partial charge in [0.15, 0.2) is 17.5 Å². The molecule has 4 rings (SSSR count). The van der Waals surface area contributed by atoms with Crippen molar-refractivity contribution >= 4 is 5.97 Å². The summed E-state index contributed by atoms with van der Waals surface area (Å²) in [7, 11) is 1.40. The normalized spacial score (nSPS) is 23.4. The van der Waals surface area contributed by atoms with Crippen LogP contribution < -0.4 is 0 Å². The lowest BCUT2D eigenvalue weighted by Crippen LogP contribution is -2.57. The van der Waals surface area contributed by atoms with Crippen LogP contribution in [-0.2, 0) is 30.8 Å². The Morgan fingerprint density at radius 3 is 2.50 bits per heavy atom. The molecule has 1 fully saturated rings. The highest BCUT2D eigenvalue weighted by molar-refractivity contribution is 5.71. The van der Waals surface area contributed by atoms with Gasteiger partial charge in [-0.1, -0.05) is 24.2 Å². The number of hydrogen-bond donors (Lipinski definition) is 2. The Hall–Kier alpha value is -3.33. The summed E-state index contributed by atoms with van der Waals surface area (Å²) in [6, 6.07) is 2.31. The molecule has 218 valence electrons. The van der Waals surface area contributed by atoms with Crippen LogP contribution in [0.2, 0.25) is 0 Å². The van der Waals surface area contributed by atoms with E-state index in [1.807, 2.05) is 13.8 Å². The molecular formula is C26H31F3N4O7. The van der Waals surface area contributed by atoms with Gasteiger partial charge in [0, 0.05) is 30.6 Å². The molecule has 14 heteroatoms. The van der Waals surface area contributed by atoms with Crippen molar-refractivity contribution in [3.8, 4) is 11.3 Å². The first kappa shape index (κ1) is 29.6. The van der Waals surface area contributed by atoms with Crippen LogP contribution >= 0.6 is 0 Å². The number of carbonyl (C=O) groups is 1. The minimum absolute atomic E-state index is 0.0205. The van der Waals surface area contributed by atoms with Gasteiger partial charge >= 0.3 is 5.97 Å². The first-order valence-electron chi connectivity index (χ1n) is 12.6. The average Bonchev–Trinajstić information content (AvgIpc) is 3.58. The third kappa shape index (κ3) is 6.04. The smallest absolute Gasteiger partial charge is 0.306 e. The van der Waals surface area contributed by atoms with Crippen LogP contribution in [0.25, 0.3) is 11.3 Å².